The molecule has 3 aromatic heterocycles. The van der Waals surface area contributed by atoms with E-state index < -0.39 is 18.6 Å². The van der Waals surface area contributed by atoms with Crippen LogP contribution < -0.4 is 5.32 Å². The molecule has 0 saturated heterocycles. The number of rotatable bonds is 6. The standard InChI is InChI=1S/C23H19ClN6O3/c1-13-7-16(9-19(24)27-13)20-21(15-4-2-3-14(8-15)10-25)29-30-6-5-18(28-22(20)30)23(33)26-11-17(32)12-31/h2-9,17,31-32H,11-12H2,1H3,(H,26,33)/t17-/m1/s1. The SMILES string of the molecule is Cc1cc(-c2c(-c3cccc(C#N)c3)nn3ccc(C(=O)NC[C@@H](O)CO)nc23)cc(Cl)n1. The summed E-state index contributed by atoms with van der Waals surface area (Å²) < 4.78 is 1.55. The fourth-order valence-electron chi connectivity index (χ4n) is 3.40. The van der Waals surface area contributed by atoms with Crippen LogP contribution in [0.2, 0.25) is 5.15 Å². The van der Waals surface area contributed by atoms with E-state index in [4.69, 9.17) is 16.7 Å². The molecule has 0 fully saturated rings. The van der Waals surface area contributed by atoms with Crippen molar-refractivity contribution in [2.45, 2.75) is 13.0 Å². The summed E-state index contributed by atoms with van der Waals surface area (Å²) in [5.74, 6) is -0.505. The molecule has 9 nitrogen and oxygen atoms in total. The Balaban J connectivity index is 1.90. The van der Waals surface area contributed by atoms with Crippen LogP contribution >= 0.6 is 11.6 Å². The highest BCUT2D eigenvalue weighted by molar-refractivity contribution is 6.29. The molecule has 33 heavy (non-hydrogen) atoms. The zero-order chi connectivity index (χ0) is 23.5. The number of aliphatic hydroxyl groups excluding tert-OH is 2. The number of aromatic nitrogens is 4. The number of amides is 1. The number of halogens is 1. The number of fused-ring (bicyclic) bond motifs is 1. The van der Waals surface area contributed by atoms with Crippen molar-refractivity contribution >= 4 is 23.2 Å². The normalized spacial score (nSPS) is 11.8. The number of nitrogens with zero attached hydrogens (tertiary/aromatic N) is 5. The molecule has 4 aromatic rings. The molecular formula is C23H19ClN6O3. The first-order valence-electron chi connectivity index (χ1n) is 10.0. The predicted molar refractivity (Wildman–Crippen MR) is 122 cm³/mol. The van der Waals surface area contributed by atoms with Crippen molar-refractivity contribution in [2.24, 2.45) is 0 Å². The summed E-state index contributed by atoms with van der Waals surface area (Å²) in [6, 6.07) is 14.2. The molecule has 0 spiro atoms. The maximum absolute atomic E-state index is 12.6. The van der Waals surface area contributed by atoms with E-state index in [0.717, 1.165) is 0 Å². The van der Waals surface area contributed by atoms with Gasteiger partial charge in [-0.1, -0.05) is 23.7 Å². The quantitative estimate of drug-likeness (QED) is 0.374. The molecule has 0 bridgehead atoms. The van der Waals surface area contributed by atoms with Crippen LogP contribution in [0.25, 0.3) is 28.0 Å². The minimum Gasteiger partial charge on any atom is -0.394 e. The molecule has 3 heterocycles. The fraction of sp³-hybridized carbons (Fsp3) is 0.174. The summed E-state index contributed by atoms with van der Waals surface area (Å²) in [5, 5.41) is 35.3. The number of carbonyl (C=O) groups is 1. The zero-order valence-corrected chi connectivity index (χ0v) is 18.3. The molecule has 1 aromatic carbocycles. The second-order valence-corrected chi connectivity index (χ2v) is 7.75. The minimum atomic E-state index is -1.07. The van der Waals surface area contributed by atoms with Crippen molar-refractivity contribution in [3.63, 3.8) is 0 Å². The van der Waals surface area contributed by atoms with Gasteiger partial charge in [-0.25, -0.2) is 14.5 Å². The summed E-state index contributed by atoms with van der Waals surface area (Å²) in [5.41, 5.74) is 4.30. The number of nitrogens with one attached hydrogen (secondary N) is 1. The molecule has 0 saturated carbocycles. The number of aliphatic hydroxyl groups is 2. The Bertz CT molecular complexity index is 1370. The second kappa shape index (κ2) is 9.34. The topological polar surface area (TPSA) is 136 Å². The van der Waals surface area contributed by atoms with Gasteiger partial charge in [0.1, 0.15) is 16.5 Å². The van der Waals surface area contributed by atoms with Crippen LogP contribution in [0.15, 0.2) is 48.7 Å². The maximum Gasteiger partial charge on any atom is 0.270 e. The minimum absolute atomic E-state index is 0.111. The van der Waals surface area contributed by atoms with Crippen LogP contribution in [0, 0.1) is 18.3 Å². The summed E-state index contributed by atoms with van der Waals surface area (Å²) in [6.45, 7) is 1.24. The Hall–Kier alpha value is -3.84. The molecule has 10 heteroatoms. The molecule has 0 aliphatic rings. The highest BCUT2D eigenvalue weighted by atomic mass is 35.5. The Morgan fingerprint density at radius 1 is 1.24 bits per heavy atom. The first-order valence-corrected chi connectivity index (χ1v) is 10.4. The van der Waals surface area contributed by atoms with Crippen molar-refractivity contribution in [2.75, 3.05) is 13.2 Å². The van der Waals surface area contributed by atoms with E-state index in [-0.39, 0.29) is 12.2 Å². The Morgan fingerprint density at radius 2 is 2.06 bits per heavy atom. The lowest BCUT2D eigenvalue weighted by molar-refractivity contribution is 0.0799. The largest absolute Gasteiger partial charge is 0.394 e. The van der Waals surface area contributed by atoms with Gasteiger partial charge in [0.25, 0.3) is 5.91 Å². The average Bonchev–Trinajstić information content (AvgIpc) is 3.20. The lowest BCUT2D eigenvalue weighted by atomic mass is 10.00. The van der Waals surface area contributed by atoms with Crippen molar-refractivity contribution in [3.05, 3.63) is 70.8 Å². The lowest BCUT2D eigenvalue weighted by Crippen LogP contribution is -2.34. The van der Waals surface area contributed by atoms with E-state index in [1.165, 1.54) is 6.07 Å². The molecule has 0 radical (unpaired) electrons. The molecule has 0 unspecified atom stereocenters. The molecule has 1 atom stereocenters. The van der Waals surface area contributed by atoms with Gasteiger partial charge in [0.2, 0.25) is 0 Å². The monoisotopic (exact) mass is 462 g/mol. The molecule has 0 aliphatic heterocycles. The van der Waals surface area contributed by atoms with E-state index in [2.05, 4.69) is 26.5 Å². The van der Waals surface area contributed by atoms with Crippen molar-refractivity contribution < 1.29 is 15.0 Å². The van der Waals surface area contributed by atoms with Gasteiger partial charge >= 0.3 is 0 Å². The molecule has 1 amide bonds. The molecule has 4 rings (SSSR count). The van der Waals surface area contributed by atoms with E-state index in [1.54, 1.807) is 35.0 Å². The maximum atomic E-state index is 12.6. The first kappa shape index (κ1) is 22.4. The van der Waals surface area contributed by atoms with Gasteiger partial charge in [0.05, 0.1) is 29.9 Å². The summed E-state index contributed by atoms with van der Waals surface area (Å²) in [7, 11) is 0. The van der Waals surface area contributed by atoms with Crippen molar-refractivity contribution in [1.29, 1.82) is 5.26 Å². The van der Waals surface area contributed by atoms with Gasteiger partial charge in [-0.05, 0) is 42.8 Å². The Labute approximate surface area is 193 Å². The number of carbonyl (C=O) groups excluding carboxylic acids is 1. The lowest BCUT2D eigenvalue weighted by Gasteiger charge is -2.09. The Kier molecular flexibility index (Phi) is 6.33. The number of aryl methyl sites for hydroxylation is 1. The van der Waals surface area contributed by atoms with Gasteiger partial charge in [0, 0.05) is 24.0 Å². The van der Waals surface area contributed by atoms with Gasteiger partial charge in [-0.2, -0.15) is 10.4 Å². The predicted octanol–water partition coefficient (Wildman–Crippen LogP) is 2.37. The summed E-state index contributed by atoms with van der Waals surface area (Å²) in [6.07, 6.45) is 0.542. The molecule has 166 valence electrons. The molecule has 3 N–H and O–H groups in total. The molecular weight excluding hydrogens is 444 g/mol. The van der Waals surface area contributed by atoms with Gasteiger partial charge in [-0.15, -0.1) is 0 Å². The average molecular weight is 463 g/mol. The van der Waals surface area contributed by atoms with E-state index >= 15 is 0 Å². The van der Waals surface area contributed by atoms with Crippen LogP contribution in [0.3, 0.4) is 0 Å². The summed E-state index contributed by atoms with van der Waals surface area (Å²) in [4.78, 5) is 21.3. The van der Waals surface area contributed by atoms with Crippen LogP contribution in [-0.2, 0) is 0 Å². The van der Waals surface area contributed by atoms with Crippen LogP contribution in [0.5, 0.6) is 0 Å². The number of benzene rings is 1. The first-order chi connectivity index (χ1) is 15.9. The number of pyridine rings is 1. The van der Waals surface area contributed by atoms with E-state index in [0.29, 0.717) is 44.4 Å². The highest BCUT2D eigenvalue weighted by Crippen LogP contribution is 2.35. The number of hydrogen-bond acceptors (Lipinski definition) is 7. The van der Waals surface area contributed by atoms with Gasteiger partial charge in [-0.3, -0.25) is 4.79 Å². The van der Waals surface area contributed by atoms with Crippen LogP contribution in [0.1, 0.15) is 21.7 Å². The third-order valence-electron chi connectivity index (χ3n) is 4.90. The number of nitriles is 1. The van der Waals surface area contributed by atoms with E-state index in [1.807, 2.05) is 19.1 Å². The summed E-state index contributed by atoms with van der Waals surface area (Å²) >= 11 is 6.22. The number of hydrogen-bond donors (Lipinski definition) is 3. The van der Waals surface area contributed by atoms with Gasteiger partial charge in [0.15, 0.2) is 5.65 Å². The van der Waals surface area contributed by atoms with Crippen LogP contribution in [-0.4, -0.2) is 55.0 Å². The zero-order valence-electron chi connectivity index (χ0n) is 17.5. The van der Waals surface area contributed by atoms with Crippen molar-refractivity contribution in [3.8, 4) is 28.5 Å². The van der Waals surface area contributed by atoms with Crippen molar-refractivity contribution in [1.82, 2.24) is 24.9 Å². The second-order valence-electron chi connectivity index (χ2n) is 7.36. The third-order valence-corrected chi connectivity index (χ3v) is 5.10. The molecule has 0 aliphatic carbocycles. The smallest absolute Gasteiger partial charge is 0.270 e. The van der Waals surface area contributed by atoms with Gasteiger partial charge < -0.3 is 15.5 Å². The van der Waals surface area contributed by atoms with Crippen LogP contribution in [0.4, 0.5) is 0 Å². The third kappa shape index (κ3) is 4.68. The highest BCUT2D eigenvalue weighted by Gasteiger charge is 2.21. The fourth-order valence-corrected chi connectivity index (χ4v) is 3.65. The van der Waals surface area contributed by atoms with E-state index in [9.17, 15) is 15.2 Å². The Morgan fingerprint density at radius 3 is 2.79 bits per heavy atom.